The normalized spacial score (nSPS) is 28.0. The molecule has 1 aromatic rings. The van der Waals surface area contributed by atoms with Crippen LogP contribution in [0.15, 0.2) is 30.3 Å². The molecule has 96 valence electrons. The van der Waals surface area contributed by atoms with Crippen molar-refractivity contribution >= 4 is 5.91 Å². The summed E-state index contributed by atoms with van der Waals surface area (Å²) in [6.07, 6.45) is 7.06. The maximum absolute atomic E-state index is 12.2. The van der Waals surface area contributed by atoms with Crippen LogP contribution < -0.4 is 0 Å². The van der Waals surface area contributed by atoms with Crippen LogP contribution in [-0.2, 0) is 11.3 Å². The highest BCUT2D eigenvalue weighted by Gasteiger charge is 2.36. The van der Waals surface area contributed by atoms with Crippen molar-refractivity contribution in [3.8, 4) is 0 Å². The average Bonchev–Trinajstić information content (AvgIpc) is 2.43. The molecule has 2 aliphatic rings. The van der Waals surface area contributed by atoms with Crippen LogP contribution in [0.5, 0.6) is 0 Å². The second-order valence-corrected chi connectivity index (χ2v) is 5.66. The number of rotatable bonds is 2. The molecule has 2 fully saturated rings. The topological polar surface area (TPSA) is 20.3 Å². The van der Waals surface area contributed by atoms with Crippen molar-refractivity contribution in [3.63, 3.8) is 0 Å². The van der Waals surface area contributed by atoms with E-state index in [9.17, 15) is 4.79 Å². The minimum absolute atomic E-state index is 0.363. The maximum Gasteiger partial charge on any atom is 0.223 e. The van der Waals surface area contributed by atoms with Crippen LogP contribution in [0.4, 0.5) is 0 Å². The Kier molecular flexibility index (Phi) is 3.35. The molecule has 2 nitrogen and oxygen atoms in total. The van der Waals surface area contributed by atoms with Gasteiger partial charge in [0.15, 0.2) is 0 Å². The highest BCUT2D eigenvalue weighted by atomic mass is 16.2. The zero-order valence-electron chi connectivity index (χ0n) is 10.8. The largest absolute Gasteiger partial charge is 0.335 e. The Balaban J connectivity index is 1.77. The lowest BCUT2D eigenvalue weighted by molar-refractivity contribution is -0.140. The predicted molar refractivity (Wildman–Crippen MR) is 72.0 cm³/mol. The number of carbonyl (C=O) groups excluding carboxylic acids is 1. The van der Waals surface area contributed by atoms with Gasteiger partial charge in [-0.2, -0.15) is 0 Å². The first-order chi connectivity index (χ1) is 8.84. The molecule has 2 atom stereocenters. The van der Waals surface area contributed by atoms with Gasteiger partial charge < -0.3 is 4.90 Å². The van der Waals surface area contributed by atoms with E-state index < -0.39 is 0 Å². The number of amides is 1. The summed E-state index contributed by atoms with van der Waals surface area (Å²) in [7, 11) is 0. The lowest BCUT2D eigenvalue weighted by Crippen LogP contribution is -2.49. The van der Waals surface area contributed by atoms with Gasteiger partial charge in [0.05, 0.1) is 0 Å². The van der Waals surface area contributed by atoms with Crippen molar-refractivity contribution in [2.75, 3.05) is 0 Å². The molecule has 0 spiro atoms. The van der Waals surface area contributed by atoms with Crippen LogP contribution >= 0.6 is 0 Å². The van der Waals surface area contributed by atoms with Crippen molar-refractivity contribution in [2.45, 2.75) is 51.1 Å². The molecule has 1 heterocycles. The van der Waals surface area contributed by atoms with E-state index in [1.807, 2.05) is 6.07 Å². The molecule has 1 aliphatic heterocycles. The molecule has 18 heavy (non-hydrogen) atoms. The number of carbonyl (C=O) groups is 1. The summed E-state index contributed by atoms with van der Waals surface area (Å²) >= 11 is 0. The summed E-state index contributed by atoms with van der Waals surface area (Å²) in [5, 5.41) is 0. The molecular weight excluding hydrogens is 222 g/mol. The van der Waals surface area contributed by atoms with Gasteiger partial charge in [-0.15, -0.1) is 0 Å². The summed E-state index contributed by atoms with van der Waals surface area (Å²) in [6.45, 7) is 0.806. The zero-order chi connectivity index (χ0) is 12.4. The van der Waals surface area contributed by atoms with Crippen LogP contribution in [0.2, 0.25) is 0 Å². The molecule has 1 saturated heterocycles. The fourth-order valence-corrected chi connectivity index (χ4v) is 3.56. The second-order valence-electron chi connectivity index (χ2n) is 5.66. The van der Waals surface area contributed by atoms with E-state index in [2.05, 4.69) is 29.2 Å². The molecule has 1 aromatic carbocycles. The van der Waals surface area contributed by atoms with Gasteiger partial charge in [0, 0.05) is 19.0 Å². The Labute approximate surface area is 109 Å². The van der Waals surface area contributed by atoms with Gasteiger partial charge in [-0.25, -0.2) is 0 Å². The van der Waals surface area contributed by atoms with Gasteiger partial charge in [0.1, 0.15) is 0 Å². The summed E-state index contributed by atoms with van der Waals surface area (Å²) < 4.78 is 0. The van der Waals surface area contributed by atoms with E-state index in [0.29, 0.717) is 11.9 Å². The molecular formula is C16H21NO. The lowest BCUT2D eigenvalue weighted by atomic mass is 9.78. The smallest absolute Gasteiger partial charge is 0.223 e. The Bertz CT molecular complexity index is 414. The van der Waals surface area contributed by atoms with Crippen LogP contribution in [-0.4, -0.2) is 16.8 Å². The lowest BCUT2D eigenvalue weighted by Gasteiger charge is -2.44. The van der Waals surface area contributed by atoms with E-state index in [4.69, 9.17) is 0 Å². The van der Waals surface area contributed by atoms with Crippen LogP contribution in [0.3, 0.4) is 0 Å². The van der Waals surface area contributed by atoms with Gasteiger partial charge in [-0.1, -0.05) is 43.2 Å². The van der Waals surface area contributed by atoms with Crippen molar-refractivity contribution in [1.29, 1.82) is 0 Å². The number of fused-ring (bicyclic) bond motifs is 1. The molecule has 1 saturated carbocycles. The molecule has 0 N–H and O–H groups in total. The standard InChI is InChI=1S/C16H21NO/c18-16-11-10-14-8-4-5-9-15(14)17(16)12-13-6-2-1-3-7-13/h1-3,6-7,14-15H,4-5,8-12H2/t14-,15-/m1/s1. The van der Waals surface area contributed by atoms with Gasteiger partial charge in [0.25, 0.3) is 0 Å². The third-order valence-electron chi connectivity index (χ3n) is 4.51. The minimum Gasteiger partial charge on any atom is -0.335 e. The SMILES string of the molecule is O=C1CC[C@H]2CCCC[C@H]2N1Cc1ccccc1. The molecule has 0 radical (unpaired) electrons. The number of nitrogens with zero attached hydrogens (tertiary/aromatic N) is 1. The Morgan fingerprint density at radius 3 is 2.67 bits per heavy atom. The molecule has 0 unspecified atom stereocenters. The first kappa shape index (κ1) is 11.8. The van der Waals surface area contributed by atoms with E-state index in [-0.39, 0.29) is 0 Å². The highest BCUT2D eigenvalue weighted by Crippen LogP contribution is 2.36. The second kappa shape index (κ2) is 5.13. The molecule has 1 amide bonds. The van der Waals surface area contributed by atoms with E-state index in [0.717, 1.165) is 25.3 Å². The average molecular weight is 243 g/mol. The van der Waals surface area contributed by atoms with Gasteiger partial charge in [-0.3, -0.25) is 4.79 Å². The first-order valence-electron chi connectivity index (χ1n) is 7.18. The fraction of sp³-hybridized carbons (Fsp3) is 0.562. The number of hydrogen-bond acceptors (Lipinski definition) is 1. The van der Waals surface area contributed by atoms with Gasteiger partial charge in [-0.05, 0) is 30.7 Å². The Morgan fingerprint density at radius 2 is 1.83 bits per heavy atom. The summed E-state index contributed by atoms with van der Waals surface area (Å²) in [6, 6.07) is 10.9. The third kappa shape index (κ3) is 2.29. The molecule has 0 bridgehead atoms. The monoisotopic (exact) mass is 243 g/mol. The van der Waals surface area contributed by atoms with E-state index >= 15 is 0 Å². The predicted octanol–water partition coefficient (Wildman–Crippen LogP) is 3.37. The molecule has 0 aromatic heterocycles. The maximum atomic E-state index is 12.2. The number of likely N-dealkylation sites (tertiary alicyclic amines) is 1. The molecule has 1 aliphatic carbocycles. The van der Waals surface area contributed by atoms with Crippen molar-refractivity contribution in [2.24, 2.45) is 5.92 Å². The number of hydrogen-bond donors (Lipinski definition) is 0. The minimum atomic E-state index is 0.363. The Morgan fingerprint density at radius 1 is 1.06 bits per heavy atom. The highest BCUT2D eigenvalue weighted by molar-refractivity contribution is 5.77. The zero-order valence-corrected chi connectivity index (χ0v) is 10.8. The number of benzene rings is 1. The van der Waals surface area contributed by atoms with Crippen LogP contribution in [0.25, 0.3) is 0 Å². The van der Waals surface area contributed by atoms with Crippen LogP contribution in [0, 0.1) is 5.92 Å². The summed E-state index contributed by atoms with van der Waals surface area (Å²) in [5.74, 6) is 1.13. The van der Waals surface area contributed by atoms with Gasteiger partial charge in [0.2, 0.25) is 5.91 Å². The van der Waals surface area contributed by atoms with Crippen molar-refractivity contribution < 1.29 is 4.79 Å². The number of piperidine rings is 1. The van der Waals surface area contributed by atoms with E-state index in [1.165, 1.54) is 31.2 Å². The summed E-state index contributed by atoms with van der Waals surface area (Å²) in [5.41, 5.74) is 1.26. The first-order valence-corrected chi connectivity index (χ1v) is 7.18. The molecule has 3 rings (SSSR count). The van der Waals surface area contributed by atoms with Gasteiger partial charge >= 0.3 is 0 Å². The Hall–Kier alpha value is -1.31. The fourth-order valence-electron chi connectivity index (χ4n) is 3.56. The van der Waals surface area contributed by atoms with Crippen LogP contribution in [0.1, 0.15) is 44.1 Å². The molecule has 2 heteroatoms. The van der Waals surface area contributed by atoms with Crippen molar-refractivity contribution in [3.05, 3.63) is 35.9 Å². The quantitative estimate of drug-likeness (QED) is 0.780. The third-order valence-corrected chi connectivity index (χ3v) is 4.51. The summed E-state index contributed by atoms with van der Waals surface area (Å²) in [4.78, 5) is 14.3. The van der Waals surface area contributed by atoms with E-state index in [1.54, 1.807) is 0 Å². The van der Waals surface area contributed by atoms with Crippen molar-refractivity contribution in [1.82, 2.24) is 4.90 Å².